The largest absolute Gasteiger partial charge is 0.491 e. The fourth-order valence-corrected chi connectivity index (χ4v) is 7.21. The second kappa shape index (κ2) is 10.7. The molecule has 0 saturated heterocycles. The van der Waals surface area contributed by atoms with E-state index in [0.717, 1.165) is 36.5 Å². The zero-order valence-electron chi connectivity index (χ0n) is 19.7. The molecule has 0 heterocycles. The molecule has 0 aromatic heterocycles. The van der Waals surface area contributed by atoms with E-state index in [4.69, 9.17) is 4.74 Å². The van der Waals surface area contributed by atoms with Crippen LogP contribution in [-0.4, -0.2) is 6.61 Å². The highest BCUT2D eigenvalue weighted by Crippen LogP contribution is 2.51. The average Bonchev–Trinajstić information content (AvgIpc) is 2.80. The van der Waals surface area contributed by atoms with E-state index in [2.05, 4.69) is 6.92 Å². The van der Waals surface area contributed by atoms with Crippen LogP contribution in [0.2, 0.25) is 0 Å². The fraction of sp³-hybridized carbons (Fsp3) is 0.786. The number of unbranched alkanes of at least 4 members (excludes halogenated alkanes) is 1. The Labute approximate surface area is 188 Å². The summed E-state index contributed by atoms with van der Waals surface area (Å²) in [5, 5.41) is 0. The van der Waals surface area contributed by atoms with Crippen molar-refractivity contribution in [2.24, 2.45) is 29.6 Å². The molecule has 3 saturated carbocycles. The lowest BCUT2D eigenvalue weighted by Crippen LogP contribution is -2.34. The number of fused-ring (bicyclic) bond motifs is 1. The van der Waals surface area contributed by atoms with Gasteiger partial charge in [0.05, 0.1) is 6.61 Å². The molecule has 3 heteroatoms. The minimum absolute atomic E-state index is 0.0439. The lowest BCUT2D eigenvalue weighted by molar-refractivity contribution is 0.0705. The molecule has 3 aliphatic rings. The van der Waals surface area contributed by atoms with E-state index < -0.39 is 11.6 Å². The number of rotatable bonds is 7. The first-order valence-electron chi connectivity index (χ1n) is 13.2. The quantitative estimate of drug-likeness (QED) is 0.419. The number of benzene rings is 1. The second-order valence-electron chi connectivity index (χ2n) is 10.7. The van der Waals surface area contributed by atoms with E-state index in [1.165, 1.54) is 70.6 Å². The second-order valence-corrected chi connectivity index (χ2v) is 10.7. The Morgan fingerprint density at radius 2 is 1.42 bits per heavy atom. The van der Waals surface area contributed by atoms with Crippen molar-refractivity contribution in [1.82, 2.24) is 0 Å². The van der Waals surface area contributed by atoms with Crippen molar-refractivity contribution in [3.8, 4) is 5.75 Å². The highest BCUT2D eigenvalue weighted by Gasteiger charge is 2.39. The van der Waals surface area contributed by atoms with Gasteiger partial charge in [0.25, 0.3) is 0 Å². The van der Waals surface area contributed by atoms with Gasteiger partial charge in [-0.3, -0.25) is 0 Å². The van der Waals surface area contributed by atoms with E-state index in [-0.39, 0.29) is 11.7 Å². The molecule has 31 heavy (non-hydrogen) atoms. The van der Waals surface area contributed by atoms with Crippen LogP contribution >= 0.6 is 0 Å². The molecule has 0 N–H and O–H groups in total. The van der Waals surface area contributed by atoms with E-state index in [9.17, 15) is 8.78 Å². The first kappa shape index (κ1) is 23.1. The summed E-state index contributed by atoms with van der Waals surface area (Å²) in [5.41, 5.74) is 0.576. The monoisotopic (exact) mass is 432 g/mol. The van der Waals surface area contributed by atoms with Crippen molar-refractivity contribution < 1.29 is 13.5 Å². The molecular weight excluding hydrogens is 390 g/mol. The molecule has 3 aliphatic carbocycles. The summed E-state index contributed by atoms with van der Waals surface area (Å²) in [5.74, 6) is 3.10. The molecule has 0 aliphatic heterocycles. The molecular formula is C28H42F2O. The van der Waals surface area contributed by atoms with Gasteiger partial charge in [0, 0.05) is 0 Å². The third-order valence-corrected chi connectivity index (χ3v) is 8.99. The standard InChI is InChI=1S/C28H42F2O/c1-3-5-6-19-7-9-20(10-8-19)21-11-12-23-18-24(14-13-22(23)17-21)25-15-16-26(31-4-2)28(30)27(25)29/h15-16,19-24H,3-14,17-18H2,1-2H3. The minimum Gasteiger partial charge on any atom is -0.491 e. The van der Waals surface area contributed by atoms with Gasteiger partial charge in [-0.25, -0.2) is 4.39 Å². The first-order valence-corrected chi connectivity index (χ1v) is 13.2. The fourth-order valence-electron chi connectivity index (χ4n) is 7.21. The van der Waals surface area contributed by atoms with Gasteiger partial charge in [0.1, 0.15) is 0 Å². The van der Waals surface area contributed by atoms with Gasteiger partial charge in [-0.2, -0.15) is 4.39 Å². The van der Waals surface area contributed by atoms with Crippen molar-refractivity contribution in [1.29, 1.82) is 0 Å². The lowest BCUT2D eigenvalue weighted by atomic mass is 9.60. The third kappa shape index (κ3) is 5.28. The van der Waals surface area contributed by atoms with Gasteiger partial charge in [-0.15, -0.1) is 0 Å². The molecule has 4 atom stereocenters. The summed E-state index contributed by atoms with van der Waals surface area (Å²) in [4.78, 5) is 0. The Kier molecular flexibility index (Phi) is 7.93. The lowest BCUT2D eigenvalue weighted by Gasteiger charge is -2.45. The number of hydrogen-bond donors (Lipinski definition) is 0. The Hall–Kier alpha value is -1.12. The Bertz CT molecular complexity index is 709. The highest BCUT2D eigenvalue weighted by atomic mass is 19.2. The summed E-state index contributed by atoms with van der Waals surface area (Å²) >= 11 is 0. The molecule has 1 aromatic carbocycles. The maximum Gasteiger partial charge on any atom is 0.200 e. The molecule has 0 bridgehead atoms. The first-order chi connectivity index (χ1) is 15.1. The number of halogens is 2. The summed E-state index contributed by atoms with van der Waals surface area (Å²) in [6.07, 6.45) is 17.3. The maximum atomic E-state index is 14.8. The maximum absolute atomic E-state index is 14.8. The summed E-state index contributed by atoms with van der Waals surface area (Å²) in [6, 6.07) is 3.40. The average molecular weight is 433 g/mol. The van der Waals surface area contributed by atoms with Gasteiger partial charge in [0.2, 0.25) is 5.82 Å². The van der Waals surface area contributed by atoms with Crippen LogP contribution < -0.4 is 4.74 Å². The number of ether oxygens (including phenoxy) is 1. The molecule has 1 nitrogen and oxygen atoms in total. The van der Waals surface area contributed by atoms with Gasteiger partial charge < -0.3 is 4.74 Å². The van der Waals surface area contributed by atoms with Crippen molar-refractivity contribution in [3.63, 3.8) is 0 Å². The van der Waals surface area contributed by atoms with Crippen LogP contribution in [0.1, 0.15) is 109 Å². The van der Waals surface area contributed by atoms with E-state index in [1.54, 1.807) is 19.1 Å². The highest BCUT2D eigenvalue weighted by molar-refractivity contribution is 5.33. The molecule has 3 fully saturated rings. The van der Waals surface area contributed by atoms with Crippen LogP contribution in [0, 0.1) is 41.2 Å². The zero-order chi connectivity index (χ0) is 21.8. The number of hydrogen-bond acceptors (Lipinski definition) is 1. The molecule has 0 spiro atoms. The van der Waals surface area contributed by atoms with Crippen LogP contribution in [-0.2, 0) is 0 Å². The Morgan fingerprint density at radius 1 is 0.774 bits per heavy atom. The van der Waals surface area contributed by atoms with E-state index in [1.807, 2.05) is 0 Å². The van der Waals surface area contributed by atoms with Crippen LogP contribution in [0.3, 0.4) is 0 Å². The van der Waals surface area contributed by atoms with Gasteiger partial charge in [-0.1, -0.05) is 45.1 Å². The van der Waals surface area contributed by atoms with Crippen molar-refractivity contribution in [2.45, 2.75) is 103 Å². The SMILES string of the molecule is CCCCC1CCC(C2CCC3CC(c4ccc(OCC)c(F)c4F)CCC3C2)CC1. The van der Waals surface area contributed by atoms with Crippen LogP contribution in [0.5, 0.6) is 5.75 Å². The molecule has 174 valence electrons. The van der Waals surface area contributed by atoms with E-state index in [0.29, 0.717) is 18.1 Å². The summed E-state index contributed by atoms with van der Waals surface area (Å²) in [7, 11) is 0. The predicted molar refractivity (Wildman–Crippen MR) is 123 cm³/mol. The van der Waals surface area contributed by atoms with Crippen LogP contribution in [0.15, 0.2) is 12.1 Å². The van der Waals surface area contributed by atoms with Gasteiger partial charge >= 0.3 is 0 Å². The van der Waals surface area contributed by atoms with Crippen molar-refractivity contribution in [2.75, 3.05) is 6.61 Å². The van der Waals surface area contributed by atoms with E-state index >= 15 is 0 Å². The predicted octanol–water partition coefficient (Wildman–Crippen LogP) is 8.66. The van der Waals surface area contributed by atoms with Crippen LogP contribution in [0.4, 0.5) is 8.78 Å². The molecule has 4 rings (SSSR count). The zero-order valence-corrected chi connectivity index (χ0v) is 19.7. The summed E-state index contributed by atoms with van der Waals surface area (Å²) < 4.78 is 34.4. The summed E-state index contributed by atoms with van der Waals surface area (Å²) in [6.45, 7) is 4.45. The van der Waals surface area contributed by atoms with Gasteiger partial charge in [0.15, 0.2) is 11.6 Å². The van der Waals surface area contributed by atoms with Crippen molar-refractivity contribution >= 4 is 0 Å². The van der Waals surface area contributed by atoms with Crippen LogP contribution in [0.25, 0.3) is 0 Å². The molecule has 1 aromatic rings. The smallest absolute Gasteiger partial charge is 0.200 e. The Balaban J connectivity index is 1.31. The minimum atomic E-state index is -0.806. The third-order valence-electron chi connectivity index (χ3n) is 8.99. The molecule has 0 amide bonds. The molecule has 4 unspecified atom stereocenters. The van der Waals surface area contributed by atoms with Crippen molar-refractivity contribution in [3.05, 3.63) is 29.3 Å². The Morgan fingerprint density at radius 3 is 2.13 bits per heavy atom. The van der Waals surface area contributed by atoms with Gasteiger partial charge in [-0.05, 0) is 105 Å². The topological polar surface area (TPSA) is 9.23 Å². The normalized spacial score (nSPS) is 33.7. The molecule has 0 radical (unpaired) electrons.